The lowest BCUT2D eigenvalue weighted by Gasteiger charge is -2.28. The van der Waals surface area contributed by atoms with Crippen LogP contribution in [0.4, 0.5) is 11.4 Å². The average Bonchev–Trinajstić information content (AvgIpc) is 2.61. The molecule has 0 spiro atoms. The number of hydrogen-bond acceptors (Lipinski definition) is 2. The van der Waals surface area contributed by atoms with Gasteiger partial charge in [-0.05, 0) is 37.6 Å². The summed E-state index contributed by atoms with van der Waals surface area (Å²) in [5.74, 6) is -0.144. The van der Waals surface area contributed by atoms with Crippen LogP contribution >= 0.6 is 0 Å². The first-order valence-electron chi connectivity index (χ1n) is 7.36. The Kier molecular flexibility index (Phi) is 3.67. The largest absolute Gasteiger partial charge is 0.324 e. The van der Waals surface area contributed by atoms with Crippen LogP contribution in [0.5, 0.6) is 0 Å². The van der Waals surface area contributed by atoms with Crippen molar-refractivity contribution in [1.82, 2.24) is 0 Å². The lowest BCUT2D eigenvalue weighted by molar-refractivity contribution is -0.116. The summed E-state index contributed by atoms with van der Waals surface area (Å²) in [7, 11) is 0. The van der Waals surface area contributed by atoms with Gasteiger partial charge < -0.3 is 10.2 Å². The van der Waals surface area contributed by atoms with Crippen molar-refractivity contribution in [1.29, 1.82) is 0 Å². The molecule has 1 atom stereocenters. The maximum Gasteiger partial charge on any atom is 0.258 e. The summed E-state index contributed by atoms with van der Waals surface area (Å²) >= 11 is 0. The molecule has 2 aromatic rings. The number of nitrogens with zero attached hydrogens (tertiary/aromatic N) is 1. The van der Waals surface area contributed by atoms with E-state index in [1.54, 1.807) is 4.90 Å². The van der Waals surface area contributed by atoms with E-state index in [2.05, 4.69) is 5.32 Å². The summed E-state index contributed by atoms with van der Waals surface area (Å²) in [4.78, 5) is 26.7. The number of carbonyl (C=O) groups excluding carboxylic acids is 2. The molecule has 0 aromatic heterocycles. The third-order valence-electron chi connectivity index (χ3n) is 3.95. The summed E-state index contributed by atoms with van der Waals surface area (Å²) < 4.78 is 0. The fourth-order valence-electron chi connectivity index (χ4n) is 2.84. The van der Waals surface area contributed by atoms with Gasteiger partial charge in [-0.1, -0.05) is 30.3 Å². The highest BCUT2D eigenvalue weighted by molar-refractivity contribution is 6.11. The quantitative estimate of drug-likeness (QED) is 0.876. The first-order valence-corrected chi connectivity index (χ1v) is 7.36. The van der Waals surface area contributed by atoms with E-state index in [0.29, 0.717) is 11.3 Å². The number of benzene rings is 2. The van der Waals surface area contributed by atoms with Gasteiger partial charge in [-0.15, -0.1) is 0 Å². The van der Waals surface area contributed by atoms with E-state index in [-0.39, 0.29) is 24.3 Å². The van der Waals surface area contributed by atoms with Crippen LogP contribution in [0.3, 0.4) is 0 Å². The SMILES string of the molecule is Cc1ccccc1C(=O)N1c2ccccc2NC(=O)C[C@@H]1C. The minimum absolute atomic E-state index is 0.0694. The van der Waals surface area contributed by atoms with Gasteiger partial charge in [-0.3, -0.25) is 9.59 Å². The first-order chi connectivity index (χ1) is 10.6. The molecular weight excluding hydrogens is 276 g/mol. The lowest BCUT2D eigenvalue weighted by Crippen LogP contribution is -2.39. The van der Waals surface area contributed by atoms with E-state index in [4.69, 9.17) is 0 Å². The van der Waals surface area contributed by atoms with E-state index in [1.165, 1.54) is 0 Å². The third-order valence-corrected chi connectivity index (χ3v) is 3.95. The van der Waals surface area contributed by atoms with Crippen LogP contribution < -0.4 is 10.2 Å². The molecule has 3 rings (SSSR count). The van der Waals surface area contributed by atoms with Gasteiger partial charge in [-0.2, -0.15) is 0 Å². The van der Waals surface area contributed by atoms with E-state index in [0.717, 1.165) is 11.3 Å². The molecule has 112 valence electrons. The number of para-hydroxylation sites is 2. The Morgan fingerprint density at radius 2 is 1.82 bits per heavy atom. The highest BCUT2D eigenvalue weighted by Crippen LogP contribution is 2.32. The molecule has 4 heteroatoms. The molecule has 0 saturated heterocycles. The second-order valence-corrected chi connectivity index (χ2v) is 5.61. The fraction of sp³-hybridized carbons (Fsp3) is 0.222. The molecule has 0 fully saturated rings. The standard InChI is InChI=1S/C18H18N2O2/c1-12-7-3-4-8-14(12)18(22)20-13(2)11-17(21)19-15-9-5-6-10-16(15)20/h3-10,13H,11H2,1-2H3,(H,19,21)/t13-/m0/s1. The topological polar surface area (TPSA) is 49.4 Å². The van der Waals surface area contributed by atoms with Gasteiger partial charge >= 0.3 is 0 Å². The summed E-state index contributed by atoms with van der Waals surface area (Å²) in [5.41, 5.74) is 3.02. The number of rotatable bonds is 1. The van der Waals surface area contributed by atoms with Crippen LogP contribution in [0.15, 0.2) is 48.5 Å². The lowest BCUT2D eigenvalue weighted by atomic mass is 10.1. The zero-order valence-corrected chi connectivity index (χ0v) is 12.7. The average molecular weight is 294 g/mol. The van der Waals surface area contributed by atoms with Crippen LogP contribution in [0.1, 0.15) is 29.3 Å². The van der Waals surface area contributed by atoms with Crippen molar-refractivity contribution in [3.8, 4) is 0 Å². The minimum atomic E-state index is -0.198. The van der Waals surface area contributed by atoms with Crippen molar-refractivity contribution in [3.63, 3.8) is 0 Å². The highest BCUT2D eigenvalue weighted by Gasteiger charge is 2.30. The number of amides is 2. The number of fused-ring (bicyclic) bond motifs is 1. The van der Waals surface area contributed by atoms with E-state index >= 15 is 0 Å². The maximum atomic E-state index is 13.0. The number of anilines is 2. The van der Waals surface area contributed by atoms with E-state index in [9.17, 15) is 9.59 Å². The summed E-state index contributed by atoms with van der Waals surface area (Å²) in [6.07, 6.45) is 0.284. The van der Waals surface area contributed by atoms with Crippen LogP contribution in [-0.2, 0) is 4.79 Å². The zero-order valence-electron chi connectivity index (χ0n) is 12.7. The zero-order chi connectivity index (χ0) is 15.7. The Morgan fingerprint density at radius 3 is 2.59 bits per heavy atom. The highest BCUT2D eigenvalue weighted by atomic mass is 16.2. The molecule has 0 saturated carbocycles. The van der Waals surface area contributed by atoms with Gasteiger partial charge in [0.15, 0.2) is 0 Å². The number of hydrogen-bond donors (Lipinski definition) is 1. The van der Waals surface area contributed by atoms with Gasteiger partial charge in [0, 0.05) is 18.0 Å². The van der Waals surface area contributed by atoms with Gasteiger partial charge in [0.1, 0.15) is 0 Å². The Balaban J connectivity index is 2.10. The van der Waals surface area contributed by atoms with Gasteiger partial charge in [0.05, 0.1) is 11.4 Å². The molecule has 0 aliphatic carbocycles. The molecular formula is C18H18N2O2. The van der Waals surface area contributed by atoms with E-state index < -0.39 is 0 Å². The van der Waals surface area contributed by atoms with Crippen molar-refractivity contribution in [3.05, 3.63) is 59.7 Å². The normalized spacial score (nSPS) is 17.5. The smallest absolute Gasteiger partial charge is 0.258 e. The molecule has 1 heterocycles. The first kappa shape index (κ1) is 14.3. The number of carbonyl (C=O) groups is 2. The summed E-state index contributed by atoms with van der Waals surface area (Å²) in [6.45, 7) is 3.82. The Morgan fingerprint density at radius 1 is 1.14 bits per heavy atom. The molecule has 0 bridgehead atoms. The Hall–Kier alpha value is -2.62. The van der Waals surface area contributed by atoms with Gasteiger partial charge in [-0.25, -0.2) is 0 Å². The predicted molar refractivity (Wildman–Crippen MR) is 87.1 cm³/mol. The van der Waals surface area contributed by atoms with Crippen molar-refractivity contribution >= 4 is 23.2 Å². The molecule has 1 aliphatic rings. The molecule has 22 heavy (non-hydrogen) atoms. The molecule has 1 aliphatic heterocycles. The van der Waals surface area contributed by atoms with Crippen molar-refractivity contribution in [2.24, 2.45) is 0 Å². The van der Waals surface area contributed by atoms with E-state index in [1.807, 2.05) is 62.4 Å². The van der Waals surface area contributed by atoms with Crippen LogP contribution in [0, 0.1) is 6.92 Å². The van der Waals surface area contributed by atoms with Crippen molar-refractivity contribution < 1.29 is 9.59 Å². The third kappa shape index (κ3) is 2.48. The van der Waals surface area contributed by atoms with Crippen molar-refractivity contribution in [2.45, 2.75) is 26.3 Å². The second kappa shape index (κ2) is 5.64. The molecule has 1 N–H and O–H groups in total. The molecule has 2 amide bonds. The van der Waals surface area contributed by atoms with Gasteiger partial charge in [0.25, 0.3) is 5.91 Å². The Bertz CT molecular complexity index is 739. The van der Waals surface area contributed by atoms with Gasteiger partial charge in [0.2, 0.25) is 5.91 Å². The van der Waals surface area contributed by atoms with Crippen LogP contribution in [0.2, 0.25) is 0 Å². The Labute approximate surface area is 129 Å². The summed E-state index contributed by atoms with van der Waals surface area (Å²) in [6, 6.07) is 14.7. The molecule has 0 radical (unpaired) electrons. The monoisotopic (exact) mass is 294 g/mol. The maximum absolute atomic E-state index is 13.0. The molecule has 4 nitrogen and oxygen atoms in total. The number of nitrogens with one attached hydrogen (secondary N) is 1. The fourth-order valence-corrected chi connectivity index (χ4v) is 2.84. The molecule has 0 unspecified atom stereocenters. The molecule has 2 aromatic carbocycles. The number of aryl methyl sites for hydroxylation is 1. The van der Waals surface area contributed by atoms with Crippen LogP contribution in [-0.4, -0.2) is 17.9 Å². The minimum Gasteiger partial charge on any atom is -0.324 e. The summed E-state index contributed by atoms with van der Waals surface area (Å²) in [5, 5.41) is 2.87. The van der Waals surface area contributed by atoms with Crippen molar-refractivity contribution in [2.75, 3.05) is 10.2 Å². The second-order valence-electron chi connectivity index (χ2n) is 5.61. The predicted octanol–water partition coefficient (Wildman–Crippen LogP) is 3.37. The van der Waals surface area contributed by atoms with Crippen LogP contribution in [0.25, 0.3) is 0 Å².